The van der Waals surface area contributed by atoms with Gasteiger partial charge in [0.2, 0.25) is 0 Å². The molecular weight excluding hydrogens is 352 g/mol. The second kappa shape index (κ2) is 10.6. The lowest BCUT2D eigenvalue weighted by molar-refractivity contribution is 0.0174. The Morgan fingerprint density at radius 3 is 2.71 bits per heavy atom. The molecule has 0 spiro atoms. The molecule has 1 fully saturated rings. The Morgan fingerprint density at radius 2 is 1.96 bits per heavy atom. The van der Waals surface area contributed by atoms with Crippen molar-refractivity contribution >= 4 is 0 Å². The molecule has 1 aliphatic rings. The Balaban J connectivity index is 1.72. The van der Waals surface area contributed by atoms with Gasteiger partial charge < -0.3 is 19.1 Å². The van der Waals surface area contributed by atoms with E-state index in [-0.39, 0.29) is 0 Å². The van der Waals surface area contributed by atoms with Crippen molar-refractivity contribution in [3.05, 3.63) is 53.9 Å². The maximum absolute atomic E-state index is 10.4. The number of nitrogens with zero attached hydrogens (tertiary/aromatic N) is 2. The minimum absolute atomic E-state index is 0.383. The molecular formula is C23H34N2O3. The van der Waals surface area contributed by atoms with E-state index in [1.54, 1.807) is 14.2 Å². The first-order valence-corrected chi connectivity index (χ1v) is 10.4. The van der Waals surface area contributed by atoms with Crippen LogP contribution in [-0.4, -0.2) is 54.1 Å². The molecule has 0 aliphatic heterocycles. The Labute approximate surface area is 168 Å². The highest BCUT2D eigenvalue weighted by Gasteiger charge is 2.24. The van der Waals surface area contributed by atoms with Crippen molar-refractivity contribution < 1.29 is 14.6 Å². The first-order valence-electron chi connectivity index (χ1n) is 10.4. The van der Waals surface area contributed by atoms with Gasteiger partial charge in [0.15, 0.2) is 0 Å². The van der Waals surface area contributed by atoms with Crippen molar-refractivity contribution in [3.63, 3.8) is 0 Å². The summed E-state index contributed by atoms with van der Waals surface area (Å²) in [5.74, 6) is 0.887. The molecule has 0 amide bonds. The predicted octanol–water partition coefficient (Wildman–Crippen LogP) is 3.69. The van der Waals surface area contributed by atoms with Crippen molar-refractivity contribution in [2.24, 2.45) is 0 Å². The molecule has 1 aromatic carbocycles. The fourth-order valence-electron chi connectivity index (χ4n) is 4.23. The third-order valence-electron chi connectivity index (χ3n) is 5.67. The molecule has 5 nitrogen and oxygen atoms in total. The van der Waals surface area contributed by atoms with E-state index in [1.807, 2.05) is 12.1 Å². The van der Waals surface area contributed by atoms with E-state index < -0.39 is 6.10 Å². The van der Waals surface area contributed by atoms with Gasteiger partial charge in [-0.25, -0.2) is 0 Å². The number of benzene rings is 1. The van der Waals surface area contributed by atoms with Crippen LogP contribution in [0.1, 0.15) is 43.4 Å². The summed E-state index contributed by atoms with van der Waals surface area (Å²) in [6, 6.07) is 13.1. The number of aliphatic hydroxyl groups excluding tert-OH is 1. The molecule has 1 heterocycles. The highest BCUT2D eigenvalue weighted by Crippen LogP contribution is 2.25. The third kappa shape index (κ3) is 5.84. The van der Waals surface area contributed by atoms with Gasteiger partial charge >= 0.3 is 0 Å². The highest BCUT2D eigenvalue weighted by molar-refractivity contribution is 5.29. The average molecular weight is 387 g/mol. The standard InChI is InChI=1S/C23H34N2O3/c1-27-18-22(26)17-25(20-9-4-3-5-10-20)16-21-11-7-13-24(21)15-19-8-6-12-23(14-19)28-2/h6-8,11-14,20,22,26H,3-5,9-10,15-18H2,1-2H3/t22-/m1/s1. The first kappa shape index (κ1) is 20.9. The van der Waals surface area contributed by atoms with Gasteiger partial charge in [-0.1, -0.05) is 31.4 Å². The van der Waals surface area contributed by atoms with Crippen LogP contribution in [-0.2, 0) is 17.8 Å². The Bertz CT molecular complexity index is 709. The summed E-state index contributed by atoms with van der Waals surface area (Å²) in [5, 5.41) is 10.4. The molecule has 1 aliphatic carbocycles. The van der Waals surface area contributed by atoms with Crippen LogP contribution >= 0.6 is 0 Å². The highest BCUT2D eigenvalue weighted by atomic mass is 16.5. The summed E-state index contributed by atoms with van der Waals surface area (Å²) in [6.45, 7) is 2.71. The zero-order valence-corrected chi connectivity index (χ0v) is 17.2. The molecule has 0 saturated heterocycles. The summed E-state index contributed by atoms with van der Waals surface area (Å²) in [6.07, 6.45) is 8.02. The van der Waals surface area contributed by atoms with E-state index in [9.17, 15) is 5.11 Å². The van der Waals surface area contributed by atoms with E-state index in [0.29, 0.717) is 19.2 Å². The van der Waals surface area contributed by atoms with Crippen molar-refractivity contribution in [1.82, 2.24) is 9.47 Å². The number of ether oxygens (including phenoxy) is 2. The molecule has 1 atom stereocenters. The van der Waals surface area contributed by atoms with E-state index in [1.165, 1.54) is 43.4 Å². The number of rotatable bonds is 10. The van der Waals surface area contributed by atoms with Gasteiger partial charge in [-0.05, 0) is 42.7 Å². The van der Waals surface area contributed by atoms with Crippen molar-refractivity contribution in [2.75, 3.05) is 27.4 Å². The lowest BCUT2D eigenvalue weighted by Gasteiger charge is -2.35. The van der Waals surface area contributed by atoms with Gasteiger partial charge in [0, 0.05) is 44.7 Å². The summed E-state index contributed by atoms with van der Waals surface area (Å²) in [5.41, 5.74) is 2.50. The maximum atomic E-state index is 10.4. The van der Waals surface area contributed by atoms with Crippen molar-refractivity contribution in [3.8, 4) is 5.75 Å². The summed E-state index contributed by atoms with van der Waals surface area (Å²) in [7, 11) is 3.35. The largest absolute Gasteiger partial charge is 0.497 e. The molecule has 1 saturated carbocycles. The van der Waals surface area contributed by atoms with Gasteiger partial charge in [0.05, 0.1) is 19.8 Å². The molecule has 154 valence electrons. The van der Waals surface area contributed by atoms with E-state index in [0.717, 1.165) is 18.8 Å². The van der Waals surface area contributed by atoms with Crippen LogP contribution in [0.5, 0.6) is 5.75 Å². The van der Waals surface area contributed by atoms with Gasteiger partial charge in [-0.15, -0.1) is 0 Å². The fraction of sp³-hybridized carbons (Fsp3) is 0.565. The molecule has 3 rings (SSSR count). The summed E-state index contributed by atoms with van der Waals surface area (Å²) < 4.78 is 12.8. The van der Waals surface area contributed by atoms with Crippen LogP contribution in [0.15, 0.2) is 42.6 Å². The SMILES string of the molecule is COC[C@H](O)CN(Cc1cccn1Cc1cccc(OC)c1)C1CCCCC1. The van der Waals surface area contributed by atoms with Gasteiger partial charge in [-0.3, -0.25) is 4.90 Å². The summed E-state index contributed by atoms with van der Waals surface area (Å²) in [4.78, 5) is 2.46. The van der Waals surface area contributed by atoms with E-state index in [2.05, 4.69) is 39.9 Å². The topological polar surface area (TPSA) is 46.9 Å². The number of methoxy groups -OCH3 is 2. The number of aromatic nitrogens is 1. The Kier molecular flexibility index (Phi) is 7.95. The zero-order valence-electron chi connectivity index (χ0n) is 17.2. The van der Waals surface area contributed by atoms with Crippen LogP contribution in [0, 0.1) is 0 Å². The number of hydrogen-bond donors (Lipinski definition) is 1. The maximum Gasteiger partial charge on any atom is 0.119 e. The van der Waals surface area contributed by atoms with E-state index in [4.69, 9.17) is 9.47 Å². The van der Waals surface area contributed by atoms with E-state index >= 15 is 0 Å². The average Bonchev–Trinajstić information content (AvgIpc) is 3.15. The second-order valence-corrected chi connectivity index (χ2v) is 7.81. The quantitative estimate of drug-likeness (QED) is 0.677. The fourth-order valence-corrected chi connectivity index (χ4v) is 4.23. The molecule has 0 bridgehead atoms. The molecule has 0 unspecified atom stereocenters. The van der Waals surface area contributed by atoms with Gasteiger partial charge in [0.25, 0.3) is 0 Å². The van der Waals surface area contributed by atoms with Gasteiger partial charge in [0.1, 0.15) is 5.75 Å². The lowest BCUT2D eigenvalue weighted by Crippen LogP contribution is -2.42. The smallest absolute Gasteiger partial charge is 0.119 e. The van der Waals surface area contributed by atoms with Crippen LogP contribution in [0.3, 0.4) is 0 Å². The minimum atomic E-state index is -0.450. The van der Waals surface area contributed by atoms with Crippen LogP contribution in [0.4, 0.5) is 0 Å². The predicted molar refractivity (Wildman–Crippen MR) is 112 cm³/mol. The van der Waals surface area contributed by atoms with Crippen LogP contribution in [0.2, 0.25) is 0 Å². The first-order chi connectivity index (χ1) is 13.7. The molecule has 5 heteroatoms. The van der Waals surface area contributed by atoms with Crippen LogP contribution < -0.4 is 4.74 Å². The molecule has 1 N–H and O–H groups in total. The van der Waals surface area contributed by atoms with Crippen LogP contribution in [0.25, 0.3) is 0 Å². The zero-order chi connectivity index (χ0) is 19.8. The molecule has 1 aromatic heterocycles. The molecule has 2 aromatic rings. The molecule has 28 heavy (non-hydrogen) atoms. The second-order valence-electron chi connectivity index (χ2n) is 7.81. The molecule has 0 radical (unpaired) electrons. The summed E-state index contributed by atoms with van der Waals surface area (Å²) >= 11 is 0. The Hall–Kier alpha value is -1.82. The van der Waals surface area contributed by atoms with Crippen molar-refractivity contribution in [1.29, 1.82) is 0 Å². The normalized spacial score (nSPS) is 16.4. The van der Waals surface area contributed by atoms with Gasteiger partial charge in [-0.2, -0.15) is 0 Å². The minimum Gasteiger partial charge on any atom is -0.497 e. The lowest BCUT2D eigenvalue weighted by atomic mass is 9.94. The monoisotopic (exact) mass is 386 g/mol. The third-order valence-corrected chi connectivity index (χ3v) is 5.67. The number of hydrogen-bond acceptors (Lipinski definition) is 4. The number of aliphatic hydroxyl groups is 1. The van der Waals surface area contributed by atoms with Crippen molar-refractivity contribution in [2.45, 2.75) is 57.3 Å². The Morgan fingerprint density at radius 1 is 1.14 bits per heavy atom.